The van der Waals surface area contributed by atoms with Crippen molar-refractivity contribution in [3.8, 4) is 0 Å². The lowest BCUT2D eigenvalue weighted by molar-refractivity contribution is -0.128. The Kier molecular flexibility index (Phi) is 3.33. The van der Waals surface area contributed by atoms with E-state index >= 15 is 0 Å². The maximum Gasteiger partial charge on any atom is 0.234 e. The number of carbonyl (C=O) groups is 1. The molecule has 3 heteroatoms. The van der Waals surface area contributed by atoms with Gasteiger partial charge in [-0.3, -0.25) is 9.69 Å². The number of rotatable bonds is 2. The first-order chi connectivity index (χ1) is 8.83. The fourth-order valence-corrected chi connectivity index (χ4v) is 3.26. The van der Waals surface area contributed by atoms with Crippen LogP contribution in [-0.4, -0.2) is 29.4 Å². The Morgan fingerprint density at radius 1 is 1.17 bits per heavy atom. The summed E-state index contributed by atoms with van der Waals surface area (Å²) in [5.74, 6) is 0.189. The number of nitrogens with zero attached hydrogens (tertiary/aromatic N) is 1. The summed E-state index contributed by atoms with van der Waals surface area (Å²) in [6.07, 6.45) is 4.91. The zero-order valence-corrected chi connectivity index (χ0v) is 10.6. The van der Waals surface area contributed by atoms with Crippen LogP contribution < -0.4 is 5.32 Å². The second-order valence-corrected chi connectivity index (χ2v) is 5.42. The van der Waals surface area contributed by atoms with Gasteiger partial charge < -0.3 is 5.32 Å². The summed E-state index contributed by atoms with van der Waals surface area (Å²) < 4.78 is 0. The van der Waals surface area contributed by atoms with Crippen molar-refractivity contribution in [2.75, 3.05) is 6.54 Å². The smallest absolute Gasteiger partial charge is 0.234 e. The Labute approximate surface area is 108 Å². The molecule has 2 unspecified atom stereocenters. The lowest BCUT2D eigenvalue weighted by atomic mass is 9.87. The quantitative estimate of drug-likeness (QED) is 0.862. The summed E-state index contributed by atoms with van der Waals surface area (Å²) in [5, 5.41) is 3.15. The highest BCUT2D eigenvalue weighted by molar-refractivity contribution is 5.79. The summed E-state index contributed by atoms with van der Waals surface area (Å²) in [6, 6.07) is 11.4. The molecule has 0 spiro atoms. The van der Waals surface area contributed by atoms with Crippen molar-refractivity contribution in [2.45, 2.75) is 44.3 Å². The second kappa shape index (κ2) is 5.11. The van der Waals surface area contributed by atoms with E-state index in [4.69, 9.17) is 0 Å². The summed E-state index contributed by atoms with van der Waals surface area (Å²) in [7, 11) is 0. The van der Waals surface area contributed by atoms with Gasteiger partial charge >= 0.3 is 0 Å². The van der Waals surface area contributed by atoms with Crippen LogP contribution >= 0.6 is 0 Å². The maximum absolute atomic E-state index is 11.8. The van der Waals surface area contributed by atoms with Crippen molar-refractivity contribution < 1.29 is 4.79 Å². The van der Waals surface area contributed by atoms with Crippen molar-refractivity contribution >= 4 is 5.91 Å². The van der Waals surface area contributed by atoms with Crippen LogP contribution in [0.1, 0.15) is 31.2 Å². The van der Waals surface area contributed by atoms with Crippen molar-refractivity contribution in [1.29, 1.82) is 0 Å². The number of hydrogen-bond donors (Lipinski definition) is 1. The van der Waals surface area contributed by atoms with Gasteiger partial charge in [-0.05, 0) is 18.4 Å². The molecule has 1 aromatic carbocycles. The minimum Gasteiger partial charge on any atom is -0.351 e. The number of benzene rings is 1. The number of amides is 1. The van der Waals surface area contributed by atoms with Crippen LogP contribution in [0.4, 0.5) is 0 Å². The van der Waals surface area contributed by atoms with Crippen LogP contribution in [0.3, 0.4) is 0 Å². The van der Waals surface area contributed by atoms with Crippen LogP contribution in [-0.2, 0) is 11.3 Å². The number of hydrogen-bond acceptors (Lipinski definition) is 2. The average molecular weight is 244 g/mol. The molecule has 1 amide bonds. The van der Waals surface area contributed by atoms with Crippen LogP contribution in [0.15, 0.2) is 30.3 Å². The molecule has 0 radical (unpaired) electrons. The van der Waals surface area contributed by atoms with E-state index < -0.39 is 0 Å². The van der Waals surface area contributed by atoms with Gasteiger partial charge in [-0.2, -0.15) is 0 Å². The molecule has 2 atom stereocenters. The van der Waals surface area contributed by atoms with Crippen molar-refractivity contribution in [3.63, 3.8) is 0 Å². The largest absolute Gasteiger partial charge is 0.351 e. The molecule has 1 aliphatic heterocycles. The lowest BCUT2D eigenvalue weighted by Crippen LogP contribution is -2.61. The van der Waals surface area contributed by atoms with E-state index in [0.717, 1.165) is 13.0 Å². The number of piperazine rings is 1. The zero-order valence-electron chi connectivity index (χ0n) is 10.6. The van der Waals surface area contributed by atoms with E-state index in [-0.39, 0.29) is 5.91 Å². The highest BCUT2D eigenvalue weighted by Gasteiger charge is 2.35. The van der Waals surface area contributed by atoms with Crippen molar-refractivity contribution in [2.24, 2.45) is 0 Å². The van der Waals surface area contributed by atoms with Gasteiger partial charge in [0.1, 0.15) is 0 Å². The predicted molar refractivity (Wildman–Crippen MR) is 71.0 cm³/mol. The summed E-state index contributed by atoms with van der Waals surface area (Å²) in [4.78, 5) is 14.1. The summed E-state index contributed by atoms with van der Waals surface area (Å²) >= 11 is 0. The number of carbonyl (C=O) groups excluding carboxylic acids is 1. The molecule has 3 rings (SSSR count). The van der Waals surface area contributed by atoms with E-state index in [1.165, 1.54) is 24.8 Å². The van der Waals surface area contributed by atoms with Gasteiger partial charge in [0.05, 0.1) is 6.54 Å². The van der Waals surface area contributed by atoms with E-state index in [2.05, 4.69) is 34.5 Å². The van der Waals surface area contributed by atoms with Crippen LogP contribution in [0.5, 0.6) is 0 Å². The molecule has 2 aliphatic rings. The van der Waals surface area contributed by atoms with E-state index in [0.29, 0.717) is 18.6 Å². The van der Waals surface area contributed by atoms with Gasteiger partial charge in [0.25, 0.3) is 0 Å². The topological polar surface area (TPSA) is 32.3 Å². The summed E-state index contributed by atoms with van der Waals surface area (Å²) in [6.45, 7) is 1.45. The number of nitrogens with one attached hydrogen (secondary N) is 1. The Bertz CT molecular complexity index is 418. The Hall–Kier alpha value is -1.35. The van der Waals surface area contributed by atoms with Crippen molar-refractivity contribution in [1.82, 2.24) is 10.2 Å². The molecule has 0 aromatic heterocycles. The molecule has 1 N–H and O–H groups in total. The predicted octanol–water partition coefficient (Wildman–Crippen LogP) is 1.93. The maximum atomic E-state index is 11.8. The normalized spacial score (nSPS) is 28.6. The molecule has 1 heterocycles. The lowest BCUT2D eigenvalue weighted by Gasteiger charge is -2.44. The molecule has 1 aliphatic carbocycles. The first-order valence-electron chi connectivity index (χ1n) is 6.90. The second-order valence-electron chi connectivity index (χ2n) is 5.42. The highest BCUT2D eigenvalue weighted by atomic mass is 16.2. The third-order valence-electron chi connectivity index (χ3n) is 4.12. The molecule has 2 fully saturated rings. The highest BCUT2D eigenvalue weighted by Crippen LogP contribution is 2.26. The molecule has 1 saturated carbocycles. The van der Waals surface area contributed by atoms with Crippen LogP contribution in [0.2, 0.25) is 0 Å². The van der Waals surface area contributed by atoms with Gasteiger partial charge in [-0.15, -0.1) is 0 Å². The Morgan fingerprint density at radius 2 is 1.94 bits per heavy atom. The first kappa shape index (κ1) is 11.7. The fraction of sp³-hybridized carbons (Fsp3) is 0.533. The van der Waals surface area contributed by atoms with Crippen molar-refractivity contribution in [3.05, 3.63) is 35.9 Å². The molecule has 3 nitrogen and oxygen atoms in total. The SMILES string of the molecule is O=C1CN(Cc2ccccc2)C2CCCCC2N1. The molecule has 1 saturated heterocycles. The molecule has 18 heavy (non-hydrogen) atoms. The zero-order chi connectivity index (χ0) is 12.4. The van der Waals surface area contributed by atoms with Gasteiger partial charge in [0, 0.05) is 18.6 Å². The van der Waals surface area contributed by atoms with Gasteiger partial charge in [-0.25, -0.2) is 0 Å². The van der Waals surface area contributed by atoms with E-state index in [1.807, 2.05) is 6.07 Å². The average Bonchev–Trinajstić information content (AvgIpc) is 2.40. The monoisotopic (exact) mass is 244 g/mol. The number of fused-ring (bicyclic) bond motifs is 1. The van der Waals surface area contributed by atoms with Gasteiger partial charge in [0.2, 0.25) is 5.91 Å². The molecule has 1 aromatic rings. The van der Waals surface area contributed by atoms with Gasteiger partial charge in [0.15, 0.2) is 0 Å². The van der Waals surface area contributed by atoms with E-state index in [9.17, 15) is 4.79 Å². The minimum atomic E-state index is 0.189. The van der Waals surface area contributed by atoms with Crippen LogP contribution in [0.25, 0.3) is 0 Å². The molecular formula is C15H20N2O. The Balaban J connectivity index is 1.74. The summed E-state index contributed by atoms with van der Waals surface area (Å²) in [5.41, 5.74) is 1.30. The molecular weight excluding hydrogens is 224 g/mol. The third-order valence-corrected chi connectivity index (χ3v) is 4.12. The standard InChI is InChI=1S/C15H20N2O/c18-15-11-17(10-12-6-2-1-3-7-12)14-9-5-4-8-13(14)16-15/h1-3,6-7,13-14H,4-5,8-11H2,(H,16,18). The molecule has 96 valence electrons. The van der Waals surface area contributed by atoms with E-state index in [1.54, 1.807) is 0 Å². The molecule has 0 bridgehead atoms. The van der Waals surface area contributed by atoms with Crippen LogP contribution in [0, 0.1) is 0 Å². The first-order valence-corrected chi connectivity index (χ1v) is 6.90. The third kappa shape index (κ3) is 2.41. The fourth-order valence-electron chi connectivity index (χ4n) is 3.26. The van der Waals surface area contributed by atoms with Gasteiger partial charge in [-0.1, -0.05) is 43.2 Å². The minimum absolute atomic E-state index is 0.189. The Morgan fingerprint density at radius 3 is 2.78 bits per heavy atom.